The molecule has 1 heterocycles. The zero-order valence-electron chi connectivity index (χ0n) is 6.55. The van der Waals surface area contributed by atoms with Crippen LogP contribution in [0.25, 0.3) is 0 Å². The molecule has 0 radical (unpaired) electrons. The minimum absolute atomic E-state index is 0.326. The van der Waals surface area contributed by atoms with Crippen LogP contribution in [-0.2, 0) is 4.79 Å². The predicted octanol–water partition coefficient (Wildman–Crippen LogP) is 0.917. The van der Waals surface area contributed by atoms with Crippen molar-refractivity contribution in [2.45, 2.75) is 19.8 Å². The van der Waals surface area contributed by atoms with Gasteiger partial charge in [0.15, 0.2) is 0 Å². The average Bonchev–Trinajstić information content (AvgIpc) is 2.37. The molecule has 0 N–H and O–H groups in total. The molecule has 0 aromatic carbocycles. The number of hydrogen-bond donors (Lipinski definition) is 0. The van der Waals surface area contributed by atoms with Crippen LogP contribution in [0.4, 0.5) is 0 Å². The van der Waals surface area contributed by atoms with E-state index in [1.165, 1.54) is 6.42 Å². The lowest BCUT2D eigenvalue weighted by Gasteiger charge is -2.12. The van der Waals surface area contributed by atoms with Crippen molar-refractivity contribution in [1.29, 1.82) is 0 Å². The highest BCUT2D eigenvalue weighted by atomic mass is 16.1. The van der Waals surface area contributed by atoms with Gasteiger partial charge >= 0.3 is 0 Å². The highest BCUT2D eigenvalue weighted by Crippen LogP contribution is 2.13. The minimum atomic E-state index is 0.326. The van der Waals surface area contributed by atoms with Crippen molar-refractivity contribution in [2.24, 2.45) is 5.92 Å². The Balaban J connectivity index is 2.21. The Morgan fingerprint density at radius 2 is 2.50 bits per heavy atom. The van der Waals surface area contributed by atoms with Gasteiger partial charge in [0.25, 0.3) is 0 Å². The maximum Gasteiger partial charge on any atom is 0.124 e. The van der Waals surface area contributed by atoms with Gasteiger partial charge in [-0.25, -0.2) is 0 Å². The van der Waals surface area contributed by atoms with Gasteiger partial charge in [0.05, 0.1) is 0 Å². The monoisotopic (exact) mass is 141 g/mol. The van der Waals surface area contributed by atoms with E-state index in [9.17, 15) is 4.79 Å². The summed E-state index contributed by atoms with van der Waals surface area (Å²) in [5.74, 6) is 0.326. The van der Waals surface area contributed by atoms with Crippen molar-refractivity contribution < 1.29 is 4.79 Å². The largest absolute Gasteiger partial charge is 0.303 e. The molecule has 0 aromatic heterocycles. The highest BCUT2D eigenvalue weighted by molar-refractivity contribution is 5.54. The molecule has 0 bridgehead atoms. The maximum atomic E-state index is 10.3. The lowest BCUT2D eigenvalue weighted by molar-refractivity contribution is -0.110. The first-order chi connectivity index (χ1) is 4.86. The molecule has 2 heteroatoms. The number of likely N-dealkylation sites (tertiary alicyclic amines) is 1. The SMILES string of the molecule is CCCN1CCC(C=O)C1. The Labute approximate surface area is 62.2 Å². The standard InChI is InChI=1S/C8H15NO/c1-2-4-9-5-3-8(6-9)7-10/h7-8H,2-6H2,1H3. The highest BCUT2D eigenvalue weighted by Gasteiger charge is 2.20. The summed E-state index contributed by atoms with van der Waals surface area (Å²) in [6, 6.07) is 0. The van der Waals surface area contributed by atoms with E-state index in [0.29, 0.717) is 5.92 Å². The first kappa shape index (κ1) is 7.73. The van der Waals surface area contributed by atoms with Crippen molar-refractivity contribution in [3.63, 3.8) is 0 Å². The molecular formula is C8H15NO. The third kappa shape index (κ3) is 1.81. The van der Waals surface area contributed by atoms with Gasteiger partial charge in [0, 0.05) is 12.5 Å². The van der Waals surface area contributed by atoms with E-state index >= 15 is 0 Å². The molecule has 0 aliphatic carbocycles. The van der Waals surface area contributed by atoms with Crippen molar-refractivity contribution in [2.75, 3.05) is 19.6 Å². The molecule has 0 amide bonds. The number of rotatable bonds is 3. The fourth-order valence-electron chi connectivity index (χ4n) is 1.49. The number of carbonyl (C=O) groups is 1. The van der Waals surface area contributed by atoms with E-state index in [-0.39, 0.29) is 0 Å². The minimum Gasteiger partial charge on any atom is -0.303 e. The van der Waals surface area contributed by atoms with Gasteiger partial charge < -0.3 is 9.69 Å². The number of aldehydes is 1. The summed E-state index contributed by atoms with van der Waals surface area (Å²) in [4.78, 5) is 12.7. The van der Waals surface area contributed by atoms with Crippen molar-refractivity contribution in [1.82, 2.24) is 4.90 Å². The number of nitrogens with zero attached hydrogens (tertiary/aromatic N) is 1. The van der Waals surface area contributed by atoms with E-state index in [4.69, 9.17) is 0 Å². The van der Waals surface area contributed by atoms with Gasteiger partial charge in [-0.2, -0.15) is 0 Å². The molecule has 1 aliphatic heterocycles. The molecule has 1 atom stereocenters. The van der Waals surface area contributed by atoms with Crippen LogP contribution >= 0.6 is 0 Å². The molecule has 1 saturated heterocycles. The van der Waals surface area contributed by atoms with Crippen LogP contribution in [0.5, 0.6) is 0 Å². The molecule has 0 saturated carbocycles. The Morgan fingerprint density at radius 1 is 1.70 bits per heavy atom. The third-order valence-corrected chi connectivity index (χ3v) is 2.04. The molecule has 58 valence electrons. The van der Waals surface area contributed by atoms with Crippen LogP contribution < -0.4 is 0 Å². The fourth-order valence-corrected chi connectivity index (χ4v) is 1.49. The number of hydrogen-bond acceptors (Lipinski definition) is 2. The molecular weight excluding hydrogens is 126 g/mol. The summed E-state index contributed by atoms with van der Waals surface area (Å²) in [5, 5.41) is 0. The van der Waals surface area contributed by atoms with Gasteiger partial charge in [-0.15, -0.1) is 0 Å². The topological polar surface area (TPSA) is 20.3 Å². The van der Waals surface area contributed by atoms with Gasteiger partial charge in [0.1, 0.15) is 6.29 Å². The zero-order chi connectivity index (χ0) is 7.40. The quantitative estimate of drug-likeness (QED) is 0.545. The van der Waals surface area contributed by atoms with E-state index in [1.807, 2.05) is 0 Å². The van der Waals surface area contributed by atoms with Crippen molar-refractivity contribution in [3.8, 4) is 0 Å². The Hall–Kier alpha value is -0.370. The van der Waals surface area contributed by atoms with Gasteiger partial charge in [0.2, 0.25) is 0 Å². The van der Waals surface area contributed by atoms with Crippen LogP contribution in [0.3, 0.4) is 0 Å². The van der Waals surface area contributed by atoms with Crippen molar-refractivity contribution >= 4 is 6.29 Å². The van der Waals surface area contributed by atoms with Crippen LogP contribution in [0.1, 0.15) is 19.8 Å². The second-order valence-corrected chi connectivity index (χ2v) is 2.99. The molecule has 2 nitrogen and oxygen atoms in total. The Kier molecular flexibility index (Phi) is 2.87. The van der Waals surface area contributed by atoms with Crippen LogP contribution in [0.15, 0.2) is 0 Å². The Morgan fingerprint density at radius 3 is 3.00 bits per heavy atom. The molecule has 1 fully saturated rings. The summed E-state index contributed by atoms with van der Waals surface area (Å²) in [6.07, 6.45) is 3.37. The third-order valence-electron chi connectivity index (χ3n) is 2.04. The normalized spacial score (nSPS) is 27.1. The molecule has 0 spiro atoms. The van der Waals surface area contributed by atoms with E-state index in [1.54, 1.807) is 0 Å². The summed E-state index contributed by atoms with van der Waals surface area (Å²) in [6.45, 7) is 5.45. The summed E-state index contributed by atoms with van der Waals surface area (Å²) >= 11 is 0. The van der Waals surface area contributed by atoms with Gasteiger partial charge in [-0.3, -0.25) is 0 Å². The molecule has 1 unspecified atom stereocenters. The van der Waals surface area contributed by atoms with E-state index in [0.717, 1.165) is 32.3 Å². The molecule has 10 heavy (non-hydrogen) atoms. The van der Waals surface area contributed by atoms with Gasteiger partial charge in [-0.1, -0.05) is 6.92 Å². The second kappa shape index (κ2) is 3.71. The lowest BCUT2D eigenvalue weighted by Crippen LogP contribution is -2.21. The van der Waals surface area contributed by atoms with Crippen molar-refractivity contribution in [3.05, 3.63) is 0 Å². The average molecular weight is 141 g/mol. The lowest BCUT2D eigenvalue weighted by atomic mass is 10.1. The number of carbonyl (C=O) groups excluding carboxylic acids is 1. The summed E-state index contributed by atoms with van der Waals surface area (Å²) < 4.78 is 0. The van der Waals surface area contributed by atoms with Crippen LogP contribution in [-0.4, -0.2) is 30.8 Å². The second-order valence-electron chi connectivity index (χ2n) is 2.99. The Bertz CT molecular complexity index is 114. The summed E-state index contributed by atoms with van der Waals surface area (Å²) in [7, 11) is 0. The first-order valence-corrected chi connectivity index (χ1v) is 4.04. The van der Waals surface area contributed by atoms with E-state index < -0.39 is 0 Å². The summed E-state index contributed by atoms with van der Waals surface area (Å²) in [5.41, 5.74) is 0. The predicted molar refractivity (Wildman–Crippen MR) is 40.9 cm³/mol. The van der Waals surface area contributed by atoms with E-state index in [2.05, 4.69) is 11.8 Å². The smallest absolute Gasteiger partial charge is 0.124 e. The first-order valence-electron chi connectivity index (χ1n) is 4.04. The van der Waals surface area contributed by atoms with Crippen LogP contribution in [0, 0.1) is 5.92 Å². The molecule has 1 rings (SSSR count). The van der Waals surface area contributed by atoms with Gasteiger partial charge in [-0.05, 0) is 25.9 Å². The van der Waals surface area contributed by atoms with Crippen LogP contribution in [0.2, 0.25) is 0 Å². The maximum absolute atomic E-state index is 10.3. The zero-order valence-corrected chi connectivity index (χ0v) is 6.55. The molecule has 1 aliphatic rings. The molecule has 0 aromatic rings. The fraction of sp³-hybridized carbons (Fsp3) is 0.875.